The fourth-order valence-electron chi connectivity index (χ4n) is 2.02. The van der Waals surface area contributed by atoms with Gasteiger partial charge in [-0.2, -0.15) is 0 Å². The van der Waals surface area contributed by atoms with Crippen LogP contribution in [0.4, 0.5) is 0 Å². The minimum Gasteiger partial charge on any atom is -0.295 e. The summed E-state index contributed by atoms with van der Waals surface area (Å²) in [6.45, 7) is 5.79. The zero-order valence-corrected chi connectivity index (χ0v) is 10.4. The van der Waals surface area contributed by atoms with E-state index in [1.165, 1.54) is 16.7 Å². The summed E-state index contributed by atoms with van der Waals surface area (Å²) in [4.78, 5) is 11.2. The summed E-state index contributed by atoms with van der Waals surface area (Å²) in [6, 6.07) is 14.2. The maximum atomic E-state index is 11.2. The second-order valence-corrected chi connectivity index (χ2v) is 4.45. The molecule has 1 nitrogen and oxygen atoms in total. The Morgan fingerprint density at radius 1 is 0.941 bits per heavy atom. The van der Waals surface area contributed by atoms with Gasteiger partial charge >= 0.3 is 0 Å². The molecule has 2 aromatic rings. The Kier molecular flexibility index (Phi) is 3.10. The van der Waals surface area contributed by atoms with Crippen molar-refractivity contribution in [3.05, 3.63) is 59.2 Å². The molecule has 86 valence electrons. The van der Waals surface area contributed by atoms with Crippen molar-refractivity contribution in [1.29, 1.82) is 0 Å². The van der Waals surface area contributed by atoms with Crippen molar-refractivity contribution >= 4 is 5.78 Å². The van der Waals surface area contributed by atoms with E-state index in [-0.39, 0.29) is 5.78 Å². The second kappa shape index (κ2) is 4.54. The molecule has 0 bridgehead atoms. The van der Waals surface area contributed by atoms with Gasteiger partial charge in [-0.3, -0.25) is 4.79 Å². The first-order valence-corrected chi connectivity index (χ1v) is 5.76. The summed E-state index contributed by atoms with van der Waals surface area (Å²) in [5.74, 6) is 0.108. The van der Waals surface area contributed by atoms with Crippen molar-refractivity contribution in [3.63, 3.8) is 0 Å². The SMILES string of the molecule is CC(=O)c1ccc(-c2ccc(C)cc2C)cc1. The number of carbonyl (C=O) groups excluding carboxylic acids is 1. The van der Waals surface area contributed by atoms with E-state index in [0.29, 0.717) is 0 Å². The van der Waals surface area contributed by atoms with Crippen LogP contribution in [0.3, 0.4) is 0 Å². The normalized spacial score (nSPS) is 10.3. The number of aryl methyl sites for hydroxylation is 2. The molecular weight excluding hydrogens is 208 g/mol. The lowest BCUT2D eigenvalue weighted by molar-refractivity contribution is 0.101. The quantitative estimate of drug-likeness (QED) is 0.699. The predicted molar refractivity (Wildman–Crippen MR) is 71.4 cm³/mol. The number of ketones is 1. The number of hydrogen-bond acceptors (Lipinski definition) is 1. The third-order valence-corrected chi connectivity index (χ3v) is 2.98. The van der Waals surface area contributed by atoms with E-state index in [1.807, 2.05) is 24.3 Å². The highest BCUT2D eigenvalue weighted by molar-refractivity contribution is 5.94. The van der Waals surface area contributed by atoms with Crippen molar-refractivity contribution in [1.82, 2.24) is 0 Å². The molecule has 2 rings (SSSR count). The highest BCUT2D eigenvalue weighted by atomic mass is 16.1. The number of rotatable bonds is 2. The highest BCUT2D eigenvalue weighted by Crippen LogP contribution is 2.24. The molecule has 0 spiro atoms. The van der Waals surface area contributed by atoms with Gasteiger partial charge in [0.15, 0.2) is 5.78 Å². The minimum absolute atomic E-state index is 0.108. The molecule has 0 saturated heterocycles. The first-order chi connectivity index (χ1) is 8.08. The van der Waals surface area contributed by atoms with Crippen LogP contribution in [-0.4, -0.2) is 5.78 Å². The maximum Gasteiger partial charge on any atom is 0.159 e. The largest absolute Gasteiger partial charge is 0.295 e. The minimum atomic E-state index is 0.108. The third kappa shape index (κ3) is 2.44. The molecule has 0 aromatic heterocycles. The van der Waals surface area contributed by atoms with Crippen LogP contribution in [0.2, 0.25) is 0 Å². The Morgan fingerprint density at radius 2 is 1.59 bits per heavy atom. The van der Waals surface area contributed by atoms with Gasteiger partial charge in [0.25, 0.3) is 0 Å². The van der Waals surface area contributed by atoms with E-state index in [2.05, 4.69) is 32.0 Å². The molecular formula is C16H16O. The number of benzene rings is 2. The van der Waals surface area contributed by atoms with Gasteiger partial charge in [-0.25, -0.2) is 0 Å². The molecule has 0 amide bonds. The van der Waals surface area contributed by atoms with Crippen molar-refractivity contribution in [2.75, 3.05) is 0 Å². The van der Waals surface area contributed by atoms with E-state index in [0.717, 1.165) is 11.1 Å². The van der Waals surface area contributed by atoms with Crippen molar-refractivity contribution in [2.45, 2.75) is 20.8 Å². The summed E-state index contributed by atoms with van der Waals surface area (Å²) in [6.07, 6.45) is 0. The van der Waals surface area contributed by atoms with Crippen molar-refractivity contribution in [3.8, 4) is 11.1 Å². The topological polar surface area (TPSA) is 17.1 Å². The van der Waals surface area contributed by atoms with Crippen LogP contribution in [0.5, 0.6) is 0 Å². The van der Waals surface area contributed by atoms with Crippen LogP contribution < -0.4 is 0 Å². The van der Waals surface area contributed by atoms with Crippen LogP contribution in [-0.2, 0) is 0 Å². The molecule has 0 fully saturated rings. The standard InChI is InChI=1S/C16H16O/c1-11-4-9-16(12(2)10-11)15-7-5-14(6-8-15)13(3)17/h4-10H,1-3H3. The lowest BCUT2D eigenvalue weighted by Crippen LogP contribution is -1.91. The van der Waals surface area contributed by atoms with Gasteiger partial charge in [-0.15, -0.1) is 0 Å². The van der Waals surface area contributed by atoms with Gasteiger partial charge in [0.2, 0.25) is 0 Å². The van der Waals surface area contributed by atoms with Gasteiger partial charge in [0.05, 0.1) is 0 Å². The Bertz CT molecular complexity index is 550. The molecule has 0 aliphatic carbocycles. The number of Topliss-reactive ketones (excluding diaryl/α,β-unsaturated/α-hetero) is 1. The van der Waals surface area contributed by atoms with Crippen LogP contribution in [0.1, 0.15) is 28.4 Å². The molecule has 0 saturated carbocycles. The third-order valence-electron chi connectivity index (χ3n) is 2.98. The van der Waals surface area contributed by atoms with Gasteiger partial charge in [0.1, 0.15) is 0 Å². The summed E-state index contributed by atoms with van der Waals surface area (Å²) in [5, 5.41) is 0. The number of hydrogen-bond donors (Lipinski definition) is 0. The molecule has 0 N–H and O–H groups in total. The average molecular weight is 224 g/mol. The molecule has 0 aliphatic heterocycles. The molecule has 17 heavy (non-hydrogen) atoms. The fourth-order valence-corrected chi connectivity index (χ4v) is 2.02. The molecule has 1 heteroatoms. The monoisotopic (exact) mass is 224 g/mol. The first kappa shape index (κ1) is 11.6. The molecule has 0 heterocycles. The maximum absolute atomic E-state index is 11.2. The van der Waals surface area contributed by atoms with Gasteiger partial charge in [0, 0.05) is 5.56 Å². The second-order valence-electron chi connectivity index (χ2n) is 4.45. The van der Waals surface area contributed by atoms with Crippen LogP contribution in [0.25, 0.3) is 11.1 Å². The van der Waals surface area contributed by atoms with Gasteiger partial charge < -0.3 is 0 Å². The van der Waals surface area contributed by atoms with E-state index >= 15 is 0 Å². The molecule has 0 atom stereocenters. The van der Waals surface area contributed by atoms with Crippen LogP contribution in [0.15, 0.2) is 42.5 Å². The van der Waals surface area contributed by atoms with E-state index in [4.69, 9.17) is 0 Å². The lowest BCUT2D eigenvalue weighted by atomic mass is 9.97. The Balaban J connectivity index is 2.43. The molecule has 0 aliphatic rings. The smallest absolute Gasteiger partial charge is 0.159 e. The fraction of sp³-hybridized carbons (Fsp3) is 0.188. The van der Waals surface area contributed by atoms with E-state index < -0.39 is 0 Å². The van der Waals surface area contributed by atoms with E-state index in [1.54, 1.807) is 6.92 Å². The summed E-state index contributed by atoms with van der Waals surface area (Å²) < 4.78 is 0. The van der Waals surface area contributed by atoms with Crippen LogP contribution >= 0.6 is 0 Å². The average Bonchev–Trinajstić information content (AvgIpc) is 2.29. The Labute approximate surface area is 102 Å². The van der Waals surface area contributed by atoms with E-state index in [9.17, 15) is 4.79 Å². The first-order valence-electron chi connectivity index (χ1n) is 5.76. The van der Waals surface area contributed by atoms with Crippen molar-refractivity contribution < 1.29 is 4.79 Å². The lowest BCUT2D eigenvalue weighted by Gasteiger charge is -2.07. The summed E-state index contributed by atoms with van der Waals surface area (Å²) in [5.41, 5.74) is 5.68. The molecule has 2 aromatic carbocycles. The van der Waals surface area contributed by atoms with Crippen LogP contribution in [0, 0.1) is 13.8 Å². The Morgan fingerprint density at radius 3 is 2.12 bits per heavy atom. The zero-order valence-electron chi connectivity index (χ0n) is 10.4. The Hall–Kier alpha value is -1.89. The molecule has 0 radical (unpaired) electrons. The van der Waals surface area contributed by atoms with Gasteiger partial charge in [-0.05, 0) is 37.5 Å². The zero-order chi connectivity index (χ0) is 12.4. The predicted octanol–water partition coefficient (Wildman–Crippen LogP) is 4.17. The highest BCUT2D eigenvalue weighted by Gasteiger charge is 2.03. The summed E-state index contributed by atoms with van der Waals surface area (Å²) in [7, 11) is 0. The van der Waals surface area contributed by atoms with Crippen molar-refractivity contribution in [2.24, 2.45) is 0 Å². The van der Waals surface area contributed by atoms with Gasteiger partial charge in [-0.1, -0.05) is 48.0 Å². The number of carbonyl (C=O) groups is 1. The molecule has 0 unspecified atom stereocenters. The summed E-state index contributed by atoms with van der Waals surface area (Å²) >= 11 is 0.